The first kappa shape index (κ1) is 17.8. The number of benzene rings is 1. The highest BCUT2D eigenvalue weighted by atomic mass is 19.4. The minimum Gasteiger partial charge on any atom is -0.308 e. The molecule has 1 aromatic rings. The number of hydrogen-bond acceptors (Lipinski definition) is 2. The number of carbonyl (C=O) groups excluding carboxylic acids is 1. The highest BCUT2D eigenvalue weighted by Crippen LogP contribution is 2.34. The Morgan fingerprint density at radius 2 is 1.70 bits per heavy atom. The second-order valence-electron chi connectivity index (χ2n) is 6.19. The summed E-state index contributed by atoms with van der Waals surface area (Å²) < 4.78 is 38.2. The minimum absolute atomic E-state index is 0.00851. The van der Waals surface area contributed by atoms with Crippen molar-refractivity contribution in [1.82, 2.24) is 4.90 Å². The molecule has 0 heterocycles. The molecule has 1 aliphatic carbocycles. The van der Waals surface area contributed by atoms with Gasteiger partial charge in [0.05, 0.1) is 11.6 Å². The van der Waals surface area contributed by atoms with Gasteiger partial charge in [-0.3, -0.25) is 4.79 Å². The smallest absolute Gasteiger partial charge is 0.308 e. The van der Waals surface area contributed by atoms with E-state index in [0.29, 0.717) is 12.1 Å². The van der Waals surface area contributed by atoms with E-state index in [-0.39, 0.29) is 18.0 Å². The average molecular weight is 328 g/mol. The zero-order chi connectivity index (χ0) is 17.2. The summed E-state index contributed by atoms with van der Waals surface area (Å²) in [6, 6.07) is 5.14. The van der Waals surface area contributed by atoms with Gasteiger partial charge in [0.2, 0.25) is 5.91 Å². The van der Waals surface area contributed by atoms with E-state index in [1.54, 1.807) is 11.8 Å². The first-order chi connectivity index (χ1) is 10.8. The van der Waals surface area contributed by atoms with Gasteiger partial charge in [-0.25, -0.2) is 0 Å². The van der Waals surface area contributed by atoms with Crippen LogP contribution < -0.4 is 4.90 Å². The van der Waals surface area contributed by atoms with Crippen LogP contribution in [-0.4, -0.2) is 37.0 Å². The summed E-state index contributed by atoms with van der Waals surface area (Å²) in [5, 5.41) is 0. The summed E-state index contributed by atoms with van der Waals surface area (Å²) in [7, 11) is 3.95. The number of rotatable bonds is 4. The van der Waals surface area contributed by atoms with E-state index in [9.17, 15) is 18.0 Å². The van der Waals surface area contributed by atoms with Gasteiger partial charge in [-0.2, -0.15) is 13.2 Å². The Kier molecular flexibility index (Phi) is 5.34. The van der Waals surface area contributed by atoms with Gasteiger partial charge >= 0.3 is 6.18 Å². The van der Waals surface area contributed by atoms with Gasteiger partial charge in [0.1, 0.15) is 0 Å². The molecule has 1 aliphatic rings. The van der Waals surface area contributed by atoms with Gasteiger partial charge in [0.15, 0.2) is 0 Å². The zero-order valence-corrected chi connectivity index (χ0v) is 13.7. The molecule has 1 amide bonds. The maximum Gasteiger partial charge on any atom is 0.416 e. The van der Waals surface area contributed by atoms with E-state index in [0.717, 1.165) is 31.4 Å². The summed E-state index contributed by atoms with van der Waals surface area (Å²) in [5.74, 6) is -0.0523. The molecule has 1 aromatic carbocycles. The summed E-state index contributed by atoms with van der Waals surface area (Å²) in [5.41, 5.74) is -0.149. The Morgan fingerprint density at radius 3 is 2.17 bits per heavy atom. The monoisotopic (exact) mass is 328 g/mol. The molecular formula is C17H23F3N2O. The van der Waals surface area contributed by atoms with Gasteiger partial charge in [0, 0.05) is 18.2 Å². The first-order valence-electron chi connectivity index (χ1n) is 7.91. The normalized spacial score (nSPS) is 21.7. The maximum absolute atomic E-state index is 12.7. The molecule has 23 heavy (non-hydrogen) atoms. The largest absolute Gasteiger partial charge is 0.416 e. The van der Waals surface area contributed by atoms with Gasteiger partial charge < -0.3 is 9.80 Å². The number of carbonyl (C=O) groups is 1. The molecule has 3 nitrogen and oxygen atoms in total. The number of amides is 1. The SMILES string of the molecule is CCC(=O)N(c1ccc(C(F)(F)F)cc1)C1CCCC1N(C)C. The first-order valence-corrected chi connectivity index (χ1v) is 7.91. The van der Waals surface area contributed by atoms with Crippen LogP contribution in [0.15, 0.2) is 24.3 Å². The van der Waals surface area contributed by atoms with Crippen molar-refractivity contribution in [1.29, 1.82) is 0 Å². The molecule has 2 unspecified atom stereocenters. The lowest BCUT2D eigenvalue weighted by Crippen LogP contribution is -2.49. The van der Waals surface area contributed by atoms with Crippen molar-refractivity contribution in [3.63, 3.8) is 0 Å². The number of likely N-dealkylation sites (N-methyl/N-ethyl adjacent to an activating group) is 1. The Balaban J connectivity index is 2.34. The number of alkyl halides is 3. The number of anilines is 1. The third-order valence-corrected chi connectivity index (χ3v) is 4.48. The van der Waals surface area contributed by atoms with E-state index in [4.69, 9.17) is 0 Å². The molecular weight excluding hydrogens is 305 g/mol. The van der Waals surface area contributed by atoms with E-state index in [1.165, 1.54) is 12.1 Å². The number of nitrogens with zero attached hydrogens (tertiary/aromatic N) is 2. The third-order valence-electron chi connectivity index (χ3n) is 4.48. The summed E-state index contributed by atoms with van der Waals surface area (Å²) in [6.45, 7) is 1.78. The quantitative estimate of drug-likeness (QED) is 0.836. The molecule has 1 saturated carbocycles. The van der Waals surface area contributed by atoms with E-state index in [1.807, 2.05) is 14.1 Å². The van der Waals surface area contributed by atoms with Crippen LogP contribution >= 0.6 is 0 Å². The predicted octanol–water partition coefficient (Wildman–Crippen LogP) is 3.93. The van der Waals surface area contributed by atoms with Crippen LogP contribution in [0.2, 0.25) is 0 Å². The van der Waals surface area contributed by atoms with Gasteiger partial charge in [-0.15, -0.1) is 0 Å². The van der Waals surface area contributed by atoms with Crippen LogP contribution in [0, 0.1) is 0 Å². The molecule has 0 spiro atoms. The molecule has 2 rings (SSSR count). The summed E-state index contributed by atoms with van der Waals surface area (Å²) in [6.07, 6.45) is -1.15. The van der Waals surface area contributed by atoms with Crippen molar-refractivity contribution in [2.45, 2.75) is 50.9 Å². The molecule has 0 bridgehead atoms. The Bertz CT molecular complexity index is 540. The molecule has 1 fully saturated rings. The Hall–Kier alpha value is -1.56. The number of hydrogen-bond donors (Lipinski definition) is 0. The molecule has 0 radical (unpaired) electrons. The molecule has 0 saturated heterocycles. The average Bonchev–Trinajstić information content (AvgIpc) is 2.96. The van der Waals surface area contributed by atoms with Crippen molar-refractivity contribution in [2.24, 2.45) is 0 Å². The molecule has 0 N–H and O–H groups in total. The fourth-order valence-electron chi connectivity index (χ4n) is 3.33. The van der Waals surface area contributed by atoms with Crippen molar-refractivity contribution in [3.8, 4) is 0 Å². The minimum atomic E-state index is -4.36. The zero-order valence-electron chi connectivity index (χ0n) is 13.7. The van der Waals surface area contributed by atoms with E-state index in [2.05, 4.69) is 4.90 Å². The lowest BCUT2D eigenvalue weighted by molar-refractivity contribution is -0.137. The third kappa shape index (κ3) is 3.86. The van der Waals surface area contributed by atoms with Crippen molar-refractivity contribution in [3.05, 3.63) is 29.8 Å². The Labute approximate surface area is 135 Å². The lowest BCUT2D eigenvalue weighted by Gasteiger charge is -2.36. The van der Waals surface area contributed by atoms with Crippen LogP contribution in [0.4, 0.5) is 18.9 Å². The topological polar surface area (TPSA) is 23.6 Å². The van der Waals surface area contributed by atoms with Crippen LogP contribution in [0.25, 0.3) is 0 Å². The van der Waals surface area contributed by atoms with E-state index < -0.39 is 11.7 Å². The Morgan fingerprint density at radius 1 is 1.13 bits per heavy atom. The second-order valence-corrected chi connectivity index (χ2v) is 6.19. The summed E-state index contributed by atoms with van der Waals surface area (Å²) >= 11 is 0. The maximum atomic E-state index is 12.7. The fraction of sp³-hybridized carbons (Fsp3) is 0.588. The van der Waals surface area contributed by atoms with Gasteiger partial charge in [-0.05, 0) is 57.6 Å². The van der Waals surface area contributed by atoms with Crippen LogP contribution in [0.1, 0.15) is 38.2 Å². The van der Waals surface area contributed by atoms with Crippen molar-refractivity contribution in [2.75, 3.05) is 19.0 Å². The molecule has 0 aromatic heterocycles. The standard InChI is InChI=1S/C17H23F3N2O/c1-4-16(23)22(15-7-5-6-14(15)21(2)3)13-10-8-12(9-11-13)17(18,19)20/h8-11,14-15H,4-7H2,1-3H3. The van der Waals surface area contributed by atoms with Gasteiger partial charge in [-0.1, -0.05) is 6.92 Å². The molecule has 128 valence electrons. The summed E-state index contributed by atoms with van der Waals surface area (Å²) in [4.78, 5) is 16.2. The van der Waals surface area contributed by atoms with Crippen LogP contribution in [0.5, 0.6) is 0 Å². The highest BCUT2D eigenvalue weighted by Gasteiger charge is 2.37. The lowest BCUT2D eigenvalue weighted by atomic mass is 10.1. The van der Waals surface area contributed by atoms with Crippen molar-refractivity contribution >= 4 is 11.6 Å². The number of halogens is 3. The molecule has 6 heteroatoms. The molecule has 0 aliphatic heterocycles. The van der Waals surface area contributed by atoms with E-state index >= 15 is 0 Å². The second kappa shape index (κ2) is 6.91. The van der Waals surface area contributed by atoms with Gasteiger partial charge in [0.25, 0.3) is 0 Å². The van der Waals surface area contributed by atoms with Crippen LogP contribution in [-0.2, 0) is 11.0 Å². The fourth-order valence-corrected chi connectivity index (χ4v) is 3.33. The van der Waals surface area contributed by atoms with Crippen molar-refractivity contribution < 1.29 is 18.0 Å². The predicted molar refractivity (Wildman–Crippen MR) is 84.3 cm³/mol. The molecule has 2 atom stereocenters. The van der Waals surface area contributed by atoms with Crippen LogP contribution in [0.3, 0.4) is 0 Å². The highest BCUT2D eigenvalue weighted by molar-refractivity contribution is 5.94.